The number of benzene rings is 1. The van der Waals surface area contributed by atoms with Crippen LogP contribution in [0.15, 0.2) is 24.3 Å². The predicted octanol–water partition coefficient (Wildman–Crippen LogP) is 3.24. The molecule has 0 bridgehead atoms. The van der Waals surface area contributed by atoms with E-state index < -0.39 is 0 Å². The van der Waals surface area contributed by atoms with Crippen molar-refractivity contribution in [2.75, 3.05) is 13.7 Å². The topological polar surface area (TPSA) is 41.6 Å². The van der Waals surface area contributed by atoms with Gasteiger partial charge in [-0.3, -0.25) is 10.1 Å². The van der Waals surface area contributed by atoms with E-state index in [1.54, 1.807) is 7.11 Å². The molecule has 1 saturated heterocycles. The molecular formula is C18H26N2O2. The first-order valence-corrected chi connectivity index (χ1v) is 8.43. The maximum absolute atomic E-state index is 13.0. The summed E-state index contributed by atoms with van der Waals surface area (Å²) in [5, 5.41) is 3.68. The molecule has 1 aromatic rings. The lowest BCUT2D eigenvalue weighted by Crippen LogP contribution is -2.48. The van der Waals surface area contributed by atoms with Crippen LogP contribution in [0.1, 0.15) is 57.2 Å². The van der Waals surface area contributed by atoms with Gasteiger partial charge in [-0.1, -0.05) is 38.3 Å². The Labute approximate surface area is 132 Å². The minimum Gasteiger partial charge on any atom is -0.497 e. The van der Waals surface area contributed by atoms with Crippen LogP contribution in [0.4, 0.5) is 0 Å². The summed E-state index contributed by atoms with van der Waals surface area (Å²) in [6, 6.07) is 8.07. The highest BCUT2D eigenvalue weighted by Gasteiger charge is 2.51. The van der Waals surface area contributed by atoms with Crippen LogP contribution in [0.5, 0.6) is 5.75 Å². The van der Waals surface area contributed by atoms with E-state index in [9.17, 15) is 4.79 Å². The van der Waals surface area contributed by atoms with Gasteiger partial charge in [-0.15, -0.1) is 0 Å². The molecule has 1 aliphatic carbocycles. The third-order valence-electron chi connectivity index (χ3n) is 5.00. The Bertz CT molecular complexity index is 520. The highest BCUT2D eigenvalue weighted by atomic mass is 16.5. The molecule has 1 unspecified atom stereocenters. The summed E-state index contributed by atoms with van der Waals surface area (Å²) in [4.78, 5) is 15.1. The van der Waals surface area contributed by atoms with E-state index in [-0.39, 0.29) is 11.7 Å². The second-order valence-electron chi connectivity index (χ2n) is 6.46. The van der Waals surface area contributed by atoms with Gasteiger partial charge in [0.05, 0.1) is 12.6 Å². The smallest absolute Gasteiger partial charge is 0.244 e. The lowest BCUT2D eigenvalue weighted by Gasteiger charge is -2.31. The van der Waals surface area contributed by atoms with Crippen molar-refractivity contribution in [3.63, 3.8) is 0 Å². The minimum absolute atomic E-state index is 0.00328. The Hall–Kier alpha value is -1.55. The van der Waals surface area contributed by atoms with Crippen molar-refractivity contribution in [1.29, 1.82) is 0 Å². The fourth-order valence-electron chi connectivity index (χ4n) is 3.83. The van der Waals surface area contributed by atoms with Gasteiger partial charge in [-0.05, 0) is 37.0 Å². The molecule has 1 saturated carbocycles. The summed E-state index contributed by atoms with van der Waals surface area (Å²) in [6.45, 7) is 2.94. The molecule has 0 radical (unpaired) electrons. The lowest BCUT2D eigenvalue weighted by atomic mass is 9.81. The third kappa shape index (κ3) is 2.60. The van der Waals surface area contributed by atoms with Crippen molar-refractivity contribution in [3.8, 4) is 5.75 Å². The molecular weight excluding hydrogens is 276 g/mol. The highest BCUT2D eigenvalue weighted by Crippen LogP contribution is 2.39. The Kier molecular flexibility index (Phi) is 4.39. The number of carbonyl (C=O) groups is 1. The van der Waals surface area contributed by atoms with Crippen LogP contribution in [0.25, 0.3) is 0 Å². The molecule has 1 aliphatic heterocycles. The van der Waals surface area contributed by atoms with Gasteiger partial charge in [-0.2, -0.15) is 0 Å². The maximum Gasteiger partial charge on any atom is 0.244 e. The van der Waals surface area contributed by atoms with Crippen LogP contribution < -0.4 is 10.1 Å². The molecule has 3 rings (SSSR count). The van der Waals surface area contributed by atoms with Gasteiger partial charge >= 0.3 is 0 Å². The first-order chi connectivity index (χ1) is 10.7. The second-order valence-corrected chi connectivity index (χ2v) is 6.46. The summed E-state index contributed by atoms with van der Waals surface area (Å²) >= 11 is 0. The van der Waals surface area contributed by atoms with Gasteiger partial charge in [0.2, 0.25) is 5.91 Å². The molecule has 1 N–H and O–H groups in total. The number of amides is 1. The van der Waals surface area contributed by atoms with E-state index >= 15 is 0 Å². The fraction of sp³-hybridized carbons (Fsp3) is 0.611. The summed E-state index contributed by atoms with van der Waals surface area (Å²) in [7, 11) is 1.67. The number of hydrogen-bond donors (Lipinski definition) is 1. The molecule has 4 nitrogen and oxygen atoms in total. The minimum atomic E-state index is -0.321. The molecule has 1 atom stereocenters. The second kappa shape index (κ2) is 6.29. The van der Waals surface area contributed by atoms with E-state index in [0.717, 1.165) is 50.0 Å². The summed E-state index contributed by atoms with van der Waals surface area (Å²) in [5.41, 5.74) is 0.822. The SMILES string of the molecule is CCCN1C(=O)C2(CCCCC2)NC1c1ccc(OC)cc1. The monoisotopic (exact) mass is 302 g/mol. The molecule has 1 amide bonds. The van der Waals surface area contributed by atoms with Crippen LogP contribution in [0.3, 0.4) is 0 Å². The average Bonchev–Trinajstić information content (AvgIpc) is 2.82. The van der Waals surface area contributed by atoms with Crippen molar-refractivity contribution in [3.05, 3.63) is 29.8 Å². The van der Waals surface area contributed by atoms with Crippen molar-refractivity contribution >= 4 is 5.91 Å². The van der Waals surface area contributed by atoms with Crippen molar-refractivity contribution in [2.45, 2.75) is 57.2 Å². The van der Waals surface area contributed by atoms with Gasteiger partial charge in [0.1, 0.15) is 11.9 Å². The van der Waals surface area contributed by atoms with E-state index in [0.29, 0.717) is 5.91 Å². The molecule has 120 valence electrons. The largest absolute Gasteiger partial charge is 0.497 e. The molecule has 4 heteroatoms. The number of methoxy groups -OCH3 is 1. The summed E-state index contributed by atoms with van der Waals surface area (Å²) in [5.74, 6) is 1.15. The molecule has 1 spiro atoms. The van der Waals surface area contributed by atoms with Crippen molar-refractivity contribution in [1.82, 2.24) is 10.2 Å². The Morgan fingerprint density at radius 1 is 1.23 bits per heavy atom. The predicted molar refractivity (Wildman–Crippen MR) is 86.7 cm³/mol. The third-order valence-corrected chi connectivity index (χ3v) is 5.00. The number of rotatable bonds is 4. The van der Waals surface area contributed by atoms with Crippen LogP contribution >= 0.6 is 0 Å². The quantitative estimate of drug-likeness (QED) is 0.928. The van der Waals surface area contributed by atoms with Gasteiger partial charge in [0, 0.05) is 6.54 Å². The zero-order valence-electron chi connectivity index (χ0n) is 13.6. The molecule has 1 aromatic carbocycles. The molecule has 2 fully saturated rings. The Morgan fingerprint density at radius 2 is 1.91 bits per heavy atom. The Morgan fingerprint density at radius 3 is 2.50 bits per heavy atom. The number of nitrogens with one attached hydrogen (secondary N) is 1. The zero-order valence-corrected chi connectivity index (χ0v) is 13.6. The molecule has 2 aliphatic rings. The number of ether oxygens (including phenoxy) is 1. The average molecular weight is 302 g/mol. The molecule has 1 heterocycles. The van der Waals surface area contributed by atoms with Gasteiger partial charge < -0.3 is 9.64 Å². The van der Waals surface area contributed by atoms with E-state index in [2.05, 4.69) is 24.4 Å². The summed E-state index contributed by atoms with van der Waals surface area (Å²) < 4.78 is 5.24. The van der Waals surface area contributed by atoms with Crippen LogP contribution in [0.2, 0.25) is 0 Å². The van der Waals surface area contributed by atoms with Gasteiger partial charge in [-0.25, -0.2) is 0 Å². The molecule has 22 heavy (non-hydrogen) atoms. The van der Waals surface area contributed by atoms with E-state index in [1.165, 1.54) is 6.42 Å². The van der Waals surface area contributed by atoms with Crippen LogP contribution in [0, 0.1) is 0 Å². The van der Waals surface area contributed by atoms with Crippen LogP contribution in [-0.2, 0) is 4.79 Å². The van der Waals surface area contributed by atoms with Gasteiger partial charge in [0.15, 0.2) is 0 Å². The van der Waals surface area contributed by atoms with Crippen molar-refractivity contribution < 1.29 is 9.53 Å². The maximum atomic E-state index is 13.0. The first-order valence-electron chi connectivity index (χ1n) is 8.43. The number of carbonyl (C=O) groups excluding carboxylic acids is 1. The van der Waals surface area contributed by atoms with E-state index in [1.807, 2.05) is 17.0 Å². The first kappa shape index (κ1) is 15.3. The number of hydrogen-bond acceptors (Lipinski definition) is 3. The highest BCUT2D eigenvalue weighted by molar-refractivity contribution is 5.89. The molecule has 0 aromatic heterocycles. The zero-order chi connectivity index (χ0) is 15.6. The lowest BCUT2D eigenvalue weighted by molar-refractivity contribution is -0.134. The Balaban J connectivity index is 1.88. The standard InChI is InChI=1S/C18H26N2O2/c1-3-13-20-16(14-7-9-15(22-2)10-8-14)19-18(17(20)21)11-5-4-6-12-18/h7-10,16,19H,3-6,11-13H2,1-2H3. The van der Waals surface area contributed by atoms with E-state index in [4.69, 9.17) is 4.74 Å². The number of nitrogens with zero attached hydrogens (tertiary/aromatic N) is 1. The fourth-order valence-corrected chi connectivity index (χ4v) is 3.83. The van der Waals surface area contributed by atoms with Crippen LogP contribution in [-0.4, -0.2) is 30.0 Å². The summed E-state index contributed by atoms with van der Waals surface area (Å²) in [6.07, 6.45) is 6.46. The van der Waals surface area contributed by atoms with Crippen molar-refractivity contribution in [2.24, 2.45) is 0 Å². The normalized spacial score (nSPS) is 24.0. The van der Waals surface area contributed by atoms with Gasteiger partial charge in [0.25, 0.3) is 0 Å².